The molecule has 11 aromatic carbocycles. The van der Waals surface area contributed by atoms with Crippen LogP contribution >= 0.6 is 0 Å². The smallest absolute Gasteiger partial charge is 0.193 e. The van der Waals surface area contributed by atoms with Gasteiger partial charge >= 0.3 is 0 Å². The standard InChI is InChI=1S/C81H64N2O2/c1-49-38-54(6)79(55(7)39-49)62-40-63(80(84)60-22-16-24-65(43-60)82-75-34-30-56(67-26-12-8-18-50(67)2)45-71(75)72-46-57(31-35-76(72)82)68-27-13-9-19-51(68)3)42-64(41-62)81(85)61-23-17-25-66(44-61)83-77-36-32-58(69-28-14-10-20-52(69)4)47-73(77)74-48-59(33-37-78(74)83)70-29-15-11-21-53(70)5/h8-48,71,75H,1-7H3. The van der Waals surface area contributed by atoms with Gasteiger partial charge < -0.3 is 9.47 Å². The zero-order valence-electron chi connectivity index (χ0n) is 49.0. The fourth-order valence-electron chi connectivity index (χ4n) is 13.9. The predicted molar refractivity (Wildman–Crippen MR) is 354 cm³/mol. The first-order chi connectivity index (χ1) is 41.3. The quantitative estimate of drug-likeness (QED) is 0.121. The molecule has 2 unspecified atom stereocenters. The van der Waals surface area contributed by atoms with Crippen LogP contribution in [0.3, 0.4) is 0 Å². The maximum absolute atomic E-state index is 15.5. The molecule has 0 bridgehead atoms. The molecule has 0 N–H and O–H groups in total. The van der Waals surface area contributed by atoms with Gasteiger partial charge in [0.25, 0.3) is 0 Å². The van der Waals surface area contributed by atoms with Gasteiger partial charge in [-0.2, -0.15) is 0 Å². The lowest BCUT2D eigenvalue weighted by molar-refractivity contribution is 0.103. The van der Waals surface area contributed by atoms with E-state index in [-0.39, 0.29) is 23.5 Å². The molecule has 14 rings (SSSR count). The molecule has 4 nitrogen and oxygen atoms in total. The lowest BCUT2D eigenvalue weighted by Gasteiger charge is -2.30. The Morgan fingerprint density at radius 1 is 0.376 bits per heavy atom. The van der Waals surface area contributed by atoms with Crippen LogP contribution in [0.4, 0.5) is 11.4 Å². The van der Waals surface area contributed by atoms with E-state index in [1.165, 1.54) is 61.2 Å². The summed E-state index contributed by atoms with van der Waals surface area (Å²) >= 11 is 0. The summed E-state index contributed by atoms with van der Waals surface area (Å²) in [6.45, 7) is 15.0. The number of nitrogens with zero attached hydrogens (tertiary/aromatic N) is 2. The van der Waals surface area contributed by atoms with Crippen LogP contribution in [-0.2, 0) is 0 Å². The van der Waals surface area contributed by atoms with Gasteiger partial charge in [0, 0.05) is 56.0 Å². The zero-order valence-corrected chi connectivity index (χ0v) is 49.0. The number of rotatable bonds is 11. The summed E-state index contributed by atoms with van der Waals surface area (Å²) < 4.78 is 2.29. The van der Waals surface area contributed by atoms with Crippen LogP contribution in [0, 0.1) is 48.5 Å². The molecule has 0 radical (unpaired) electrons. The van der Waals surface area contributed by atoms with E-state index < -0.39 is 0 Å². The number of fused-ring (bicyclic) bond motifs is 6. The predicted octanol–water partition coefficient (Wildman–Crippen LogP) is 20.3. The summed E-state index contributed by atoms with van der Waals surface area (Å²) in [4.78, 5) is 33.4. The number of allylic oxidation sites excluding steroid dienone is 2. The minimum atomic E-state index is -0.162. The molecule has 4 heteroatoms. The van der Waals surface area contributed by atoms with Crippen molar-refractivity contribution >= 4 is 50.3 Å². The fourth-order valence-corrected chi connectivity index (χ4v) is 13.9. The van der Waals surface area contributed by atoms with Crippen LogP contribution in [0.1, 0.15) is 87.8 Å². The molecular weight excluding hydrogens is 1030 g/mol. The maximum Gasteiger partial charge on any atom is 0.193 e. The van der Waals surface area contributed by atoms with Crippen molar-refractivity contribution in [2.75, 3.05) is 4.90 Å². The third-order valence-electron chi connectivity index (χ3n) is 17.9. The van der Waals surface area contributed by atoms with Gasteiger partial charge in [0.05, 0.1) is 17.1 Å². The van der Waals surface area contributed by atoms with Crippen molar-refractivity contribution in [3.63, 3.8) is 0 Å². The summed E-state index contributed by atoms with van der Waals surface area (Å²) in [6, 6.07) is 80.7. The molecule has 2 atom stereocenters. The molecule has 0 spiro atoms. The number of hydrogen-bond donors (Lipinski definition) is 0. The molecule has 1 aliphatic heterocycles. The van der Waals surface area contributed by atoms with Crippen LogP contribution in [0.25, 0.3) is 77.6 Å². The maximum atomic E-state index is 15.5. The van der Waals surface area contributed by atoms with Gasteiger partial charge in [-0.1, -0.05) is 175 Å². The number of ketones is 2. The largest absolute Gasteiger partial charge is 0.333 e. The Bertz CT molecular complexity index is 4690. The molecule has 1 aromatic heterocycles. The van der Waals surface area contributed by atoms with E-state index in [0.29, 0.717) is 22.3 Å². The summed E-state index contributed by atoms with van der Waals surface area (Å²) in [5, 5.41) is 2.26. The highest BCUT2D eigenvalue weighted by Crippen LogP contribution is 2.51. The Morgan fingerprint density at radius 3 is 1.38 bits per heavy atom. The van der Waals surface area contributed by atoms with Crippen LogP contribution in [-0.4, -0.2) is 22.2 Å². The molecule has 0 amide bonds. The van der Waals surface area contributed by atoms with Gasteiger partial charge in [-0.15, -0.1) is 0 Å². The lowest BCUT2D eigenvalue weighted by Crippen LogP contribution is -2.29. The normalized spacial score (nSPS) is 14.4. The highest BCUT2D eigenvalue weighted by Gasteiger charge is 2.39. The SMILES string of the molecule is Cc1cc(C)c(-c2cc(C(=O)c3cccc(N4c5ccc(-c6ccccc6C)cc5C5C=C(c6ccccc6C)C=CC54)c3)cc(C(=O)c3cccc(-n4c5ccc(-c6ccccc6C)cc5c5cc(-c6ccccc6C)ccc54)c3)c2)c(C)c1. The minimum absolute atomic E-state index is 0.0226. The molecule has 85 heavy (non-hydrogen) atoms. The van der Waals surface area contributed by atoms with E-state index in [4.69, 9.17) is 0 Å². The third kappa shape index (κ3) is 9.35. The van der Waals surface area contributed by atoms with Crippen molar-refractivity contribution in [3.8, 4) is 50.2 Å². The van der Waals surface area contributed by atoms with Gasteiger partial charge in [-0.25, -0.2) is 0 Å². The van der Waals surface area contributed by atoms with Crippen LogP contribution in [0.15, 0.2) is 249 Å². The van der Waals surface area contributed by atoms with Gasteiger partial charge in [0.1, 0.15) is 0 Å². The molecule has 0 fully saturated rings. The first-order valence-electron chi connectivity index (χ1n) is 29.5. The van der Waals surface area contributed by atoms with Crippen LogP contribution < -0.4 is 4.90 Å². The van der Waals surface area contributed by atoms with Crippen molar-refractivity contribution in [1.29, 1.82) is 0 Å². The van der Waals surface area contributed by atoms with Crippen molar-refractivity contribution in [3.05, 3.63) is 321 Å². The topological polar surface area (TPSA) is 42.3 Å². The molecule has 410 valence electrons. The fraction of sp³-hybridized carbons (Fsp3) is 0.111. The lowest BCUT2D eigenvalue weighted by atomic mass is 9.84. The van der Waals surface area contributed by atoms with Gasteiger partial charge in [0.15, 0.2) is 11.6 Å². The van der Waals surface area contributed by atoms with E-state index in [9.17, 15) is 0 Å². The molecule has 0 saturated heterocycles. The highest BCUT2D eigenvalue weighted by molar-refractivity contribution is 6.16. The summed E-state index contributed by atoms with van der Waals surface area (Å²) in [6.07, 6.45) is 7.04. The van der Waals surface area contributed by atoms with Crippen molar-refractivity contribution in [2.24, 2.45) is 0 Å². The Balaban J connectivity index is 0.864. The highest BCUT2D eigenvalue weighted by atomic mass is 16.1. The number of anilines is 2. The van der Waals surface area contributed by atoms with Crippen molar-refractivity contribution < 1.29 is 9.59 Å². The van der Waals surface area contributed by atoms with Crippen molar-refractivity contribution in [2.45, 2.75) is 60.4 Å². The van der Waals surface area contributed by atoms with Gasteiger partial charge in [0.2, 0.25) is 0 Å². The molecule has 0 saturated carbocycles. The Hall–Kier alpha value is -10.2. The Morgan fingerprint density at radius 2 is 0.847 bits per heavy atom. The molecule has 2 heterocycles. The minimum Gasteiger partial charge on any atom is -0.333 e. The number of carbonyl (C=O) groups excluding carboxylic acids is 2. The molecule has 1 aliphatic carbocycles. The number of aromatic nitrogens is 1. The number of aryl methyl sites for hydroxylation is 7. The van der Waals surface area contributed by atoms with E-state index in [2.05, 4.69) is 252 Å². The first kappa shape index (κ1) is 52.9. The average molecular weight is 1100 g/mol. The molecular formula is C81H64N2O2. The molecule has 2 aliphatic rings. The second-order valence-electron chi connectivity index (χ2n) is 23.5. The Labute approximate surface area is 498 Å². The van der Waals surface area contributed by atoms with Gasteiger partial charge in [-0.3, -0.25) is 9.59 Å². The van der Waals surface area contributed by atoms with Crippen LogP contribution in [0.2, 0.25) is 0 Å². The number of hydrogen-bond acceptors (Lipinski definition) is 3. The van der Waals surface area contributed by atoms with Crippen LogP contribution in [0.5, 0.6) is 0 Å². The van der Waals surface area contributed by atoms with Gasteiger partial charge in [-0.05, 0) is 222 Å². The number of carbonyl (C=O) groups is 2. The van der Waals surface area contributed by atoms with E-state index in [1.54, 1.807) is 0 Å². The van der Waals surface area contributed by atoms with E-state index in [1.807, 2.05) is 54.6 Å². The van der Waals surface area contributed by atoms with E-state index >= 15 is 9.59 Å². The summed E-state index contributed by atoms with van der Waals surface area (Å²) in [5.41, 5.74) is 27.9. The molecule has 12 aromatic rings. The summed E-state index contributed by atoms with van der Waals surface area (Å²) in [5.74, 6) is -0.252. The second-order valence-corrected chi connectivity index (χ2v) is 23.5. The monoisotopic (exact) mass is 1100 g/mol. The summed E-state index contributed by atoms with van der Waals surface area (Å²) in [7, 11) is 0. The van der Waals surface area contributed by atoms with Crippen molar-refractivity contribution in [1.82, 2.24) is 4.57 Å². The van der Waals surface area contributed by atoms with E-state index in [0.717, 1.165) is 77.8 Å². The third-order valence-corrected chi connectivity index (χ3v) is 17.9. The second kappa shape index (κ2) is 21.2. The number of benzene rings is 11. The Kier molecular flexibility index (Phi) is 13.2. The average Bonchev–Trinajstić information content (AvgIpc) is 2.04. The zero-order chi connectivity index (χ0) is 58.2. The first-order valence-corrected chi connectivity index (χ1v) is 29.5.